The molecule has 10 nitrogen and oxygen atoms in total. The summed E-state index contributed by atoms with van der Waals surface area (Å²) < 4.78 is 4.40. The van der Waals surface area contributed by atoms with Crippen molar-refractivity contribution in [2.45, 2.75) is 115 Å². The van der Waals surface area contributed by atoms with Crippen LogP contribution in [0.2, 0.25) is 0 Å². The molecule has 4 aliphatic heterocycles. The maximum atomic E-state index is 12.2. The van der Waals surface area contributed by atoms with E-state index in [-0.39, 0.29) is 11.8 Å². The first-order chi connectivity index (χ1) is 30.3. The van der Waals surface area contributed by atoms with Crippen molar-refractivity contribution in [1.29, 1.82) is 0 Å². The summed E-state index contributed by atoms with van der Waals surface area (Å²) in [6.45, 7) is 9.61. The Morgan fingerprint density at radius 2 is 0.984 bits per heavy atom. The maximum absolute atomic E-state index is 12.2. The predicted molar refractivity (Wildman–Crippen MR) is 247 cm³/mol. The summed E-state index contributed by atoms with van der Waals surface area (Å²) in [4.78, 5) is 29.8. The predicted octanol–water partition coefficient (Wildman–Crippen LogP) is 10.0. The van der Waals surface area contributed by atoms with Crippen LogP contribution in [-0.2, 0) is 12.8 Å². The number of piperidine rings is 2. The number of nitrogens with zero attached hydrogens (tertiary/aromatic N) is 6. The molecule has 2 N–H and O–H groups in total. The third-order valence-corrected chi connectivity index (χ3v) is 15.9. The van der Waals surface area contributed by atoms with E-state index in [9.17, 15) is 9.59 Å². The molecule has 62 heavy (non-hydrogen) atoms. The van der Waals surface area contributed by atoms with Crippen molar-refractivity contribution < 1.29 is 9.59 Å². The number of hydrogen-bond acceptors (Lipinski definition) is 6. The van der Waals surface area contributed by atoms with Gasteiger partial charge in [0.25, 0.3) is 11.8 Å². The zero-order chi connectivity index (χ0) is 41.9. The molecule has 0 spiro atoms. The minimum absolute atomic E-state index is 0.00328. The van der Waals surface area contributed by atoms with Gasteiger partial charge in [-0.1, -0.05) is 49.2 Å². The number of carbonyl (C=O) groups is 2. The number of amides is 2. The molecular weight excluding hydrogens is 769 g/mol. The van der Waals surface area contributed by atoms with Gasteiger partial charge in [-0.3, -0.25) is 19.0 Å². The molecule has 4 fully saturated rings. The summed E-state index contributed by atoms with van der Waals surface area (Å²) in [7, 11) is 0. The van der Waals surface area contributed by atoms with Crippen molar-refractivity contribution in [3.63, 3.8) is 0 Å². The van der Waals surface area contributed by atoms with E-state index in [4.69, 9.17) is 10.2 Å². The van der Waals surface area contributed by atoms with Crippen LogP contribution in [0.15, 0.2) is 85.5 Å². The summed E-state index contributed by atoms with van der Waals surface area (Å²) >= 11 is 0. The average molecular weight is 829 g/mol. The second-order valence-electron chi connectivity index (χ2n) is 19.3. The Bertz CT molecular complexity index is 2460. The number of aromatic nitrogens is 4. The van der Waals surface area contributed by atoms with Gasteiger partial charge in [-0.15, -0.1) is 0 Å². The molecule has 0 radical (unpaired) electrons. The highest BCUT2D eigenvalue weighted by Gasteiger charge is 2.33. The van der Waals surface area contributed by atoms with Crippen molar-refractivity contribution >= 4 is 44.7 Å². The van der Waals surface area contributed by atoms with Crippen LogP contribution in [0.3, 0.4) is 0 Å². The number of likely N-dealkylation sites (tertiary alicyclic amines) is 2. The van der Waals surface area contributed by atoms with Crippen LogP contribution >= 0.6 is 0 Å². The standard InChI is InChI=1S/2C26H30N4O/c2*1-17(19-4-2-5-19)29-12-10-21(11-13-29)30-16-18(15-27-30)14-20-8-9-24-25-22(20)6-3-7-23(25)26(31)28-24/h2*3,6-9,15-17,19,21H,2,4-5,10-14H2,1H3,(H,28,31)/t2*17-/m10/s1. The van der Waals surface area contributed by atoms with Crippen LogP contribution in [0.1, 0.15) is 133 Å². The van der Waals surface area contributed by atoms with Gasteiger partial charge in [0.15, 0.2) is 0 Å². The van der Waals surface area contributed by atoms with Gasteiger partial charge in [-0.25, -0.2) is 0 Å². The van der Waals surface area contributed by atoms with Gasteiger partial charge in [-0.05, 0) is 134 Å². The largest absolute Gasteiger partial charge is 0.321 e. The van der Waals surface area contributed by atoms with Gasteiger partial charge in [-0.2, -0.15) is 10.2 Å². The van der Waals surface area contributed by atoms with Crippen molar-refractivity contribution in [2.24, 2.45) is 11.8 Å². The highest BCUT2D eigenvalue weighted by atomic mass is 16.2. The topological polar surface area (TPSA) is 100 Å². The number of rotatable bonds is 10. The molecule has 320 valence electrons. The first-order valence-corrected chi connectivity index (χ1v) is 23.6. The lowest BCUT2D eigenvalue weighted by Gasteiger charge is -2.42. The van der Waals surface area contributed by atoms with Gasteiger partial charge in [0.2, 0.25) is 0 Å². The summed E-state index contributed by atoms with van der Waals surface area (Å²) in [6, 6.07) is 22.9. The van der Waals surface area contributed by atoms with E-state index in [1.54, 1.807) is 0 Å². The zero-order valence-corrected chi connectivity index (χ0v) is 36.4. The van der Waals surface area contributed by atoms with E-state index in [2.05, 4.69) is 80.3 Å². The van der Waals surface area contributed by atoms with Gasteiger partial charge < -0.3 is 20.4 Å². The molecule has 6 aromatic rings. The first-order valence-electron chi connectivity index (χ1n) is 23.6. The monoisotopic (exact) mass is 828 g/mol. The fourth-order valence-electron chi connectivity index (χ4n) is 11.5. The highest BCUT2D eigenvalue weighted by Crippen LogP contribution is 2.39. The Hall–Kier alpha value is -5.32. The van der Waals surface area contributed by atoms with Crippen LogP contribution in [-0.4, -0.2) is 79.4 Å². The average Bonchev–Trinajstić information content (AvgIpc) is 4.07. The molecule has 10 heteroatoms. The molecule has 2 saturated carbocycles. The SMILES string of the molecule is C[C@@H](C1CCC1)N1CCC(n2cc(Cc3ccc4c5c(cccc35)C(=O)N4)cn2)CC1.C[C@H](C1CCC1)N1CCC(n2cc(Cc3ccc4c5c(cccc35)C(=O)N4)cn2)CC1. The number of nitrogens with one attached hydrogen (secondary N) is 2. The fourth-order valence-corrected chi connectivity index (χ4v) is 11.5. The lowest BCUT2D eigenvalue weighted by atomic mass is 9.79. The first kappa shape index (κ1) is 39.5. The van der Waals surface area contributed by atoms with Crippen LogP contribution in [0.5, 0.6) is 0 Å². The maximum Gasteiger partial charge on any atom is 0.256 e. The summed E-state index contributed by atoms with van der Waals surface area (Å²) in [6.07, 6.45) is 23.5. The molecule has 6 aliphatic rings. The van der Waals surface area contributed by atoms with E-state index in [1.807, 2.05) is 48.8 Å². The van der Waals surface area contributed by atoms with Crippen molar-refractivity contribution in [3.8, 4) is 0 Å². The molecule has 2 aliphatic carbocycles. The third kappa shape index (κ3) is 7.32. The molecular formula is C52H60N8O2. The number of carbonyl (C=O) groups excluding carboxylic acids is 2. The minimum Gasteiger partial charge on any atom is -0.321 e. The van der Waals surface area contributed by atoms with Crippen molar-refractivity contribution in [1.82, 2.24) is 29.4 Å². The third-order valence-electron chi connectivity index (χ3n) is 15.9. The normalized spacial score (nSPS) is 20.7. The molecule has 6 heterocycles. The lowest BCUT2D eigenvalue weighted by Crippen LogP contribution is -2.45. The van der Waals surface area contributed by atoms with E-state index in [0.717, 1.165) is 70.0 Å². The Balaban J connectivity index is 0.000000139. The second-order valence-corrected chi connectivity index (χ2v) is 19.3. The van der Waals surface area contributed by atoms with Crippen molar-refractivity contribution in [3.05, 3.63) is 119 Å². The van der Waals surface area contributed by atoms with E-state index in [0.29, 0.717) is 12.1 Å². The van der Waals surface area contributed by atoms with Gasteiger partial charge in [0, 0.05) is 96.8 Å². The van der Waals surface area contributed by atoms with Crippen LogP contribution in [0, 0.1) is 11.8 Å². The Morgan fingerprint density at radius 1 is 0.565 bits per heavy atom. The molecule has 2 saturated heterocycles. The lowest BCUT2D eigenvalue weighted by molar-refractivity contribution is 0.0736. The van der Waals surface area contributed by atoms with E-state index in [1.165, 1.54) is 123 Å². The Morgan fingerprint density at radius 3 is 1.37 bits per heavy atom. The van der Waals surface area contributed by atoms with Gasteiger partial charge >= 0.3 is 0 Å². The summed E-state index contributed by atoms with van der Waals surface area (Å²) in [5.74, 6) is 1.86. The van der Waals surface area contributed by atoms with E-state index >= 15 is 0 Å². The fraction of sp³-hybridized carbons (Fsp3) is 0.462. The smallest absolute Gasteiger partial charge is 0.256 e. The molecule has 0 bridgehead atoms. The highest BCUT2D eigenvalue weighted by molar-refractivity contribution is 6.25. The Labute approximate surface area is 365 Å². The van der Waals surface area contributed by atoms with E-state index < -0.39 is 0 Å². The Kier molecular flexibility index (Phi) is 10.5. The second kappa shape index (κ2) is 16.4. The molecule has 4 aromatic carbocycles. The number of benzene rings is 4. The van der Waals surface area contributed by atoms with Crippen molar-refractivity contribution in [2.75, 3.05) is 36.8 Å². The quantitative estimate of drug-likeness (QED) is 0.143. The van der Waals surface area contributed by atoms with Gasteiger partial charge in [0.1, 0.15) is 0 Å². The molecule has 2 aromatic heterocycles. The van der Waals surface area contributed by atoms with Gasteiger partial charge in [0.05, 0.1) is 24.5 Å². The summed E-state index contributed by atoms with van der Waals surface area (Å²) in [5.41, 5.74) is 8.41. The van der Waals surface area contributed by atoms with Crippen LogP contribution in [0.4, 0.5) is 11.4 Å². The molecule has 0 unspecified atom stereocenters. The number of anilines is 2. The van der Waals surface area contributed by atoms with Crippen LogP contribution in [0.25, 0.3) is 21.5 Å². The molecule has 2 amide bonds. The number of hydrogen-bond donors (Lipinski definition) is 2. The van der Waals surface area contributed by atoms with Crippen LogP contribution < -0.4 is 10.6 Å². The minimum atomic E-state index is 0.00328. The zero-order valence-electron chi connectivity index (χ0n) is 36.4. The molecule has 2 atom stereocenters. The summed E-state index contributed by atoms with van der Waals surface area (Å²) in [5, 5.41) is 19.9. The molecule has 12 rings (SSSR count).